The second-order valence-corrected chi connectivity index (χ2v) is 4.94. The fourth-order valence-electron chi connectivity index (χ4n) is 1.54. The van der Waals surface area contributed by atoms with E-state index in [-0.39, 0.29) is 5.92 Å². The molecule has 0 unspecified atom stereocenters. The van der Waals surface area contributed by atoms with Crippen LogP contribution in [0.3, 0.4) is 0 Å². The van der Waals surface area contributed by atoms with Crippen LogP contribution in [-0.2, 0) is 14.3 Å². The molecule has 0 aromatic heterocycles. The predicted octanol–water partition coefficient (Wildman–Crippen LogP) is 0.903. The van der Waals surface area contributed by atoms with Crippen LogP contribution in [0.15, 0.2) is 12.2 Å². The molecule has 7 nitrogen and oxygen atoms in total. The van der Waals surface area contributed by atoms with Gasteiger partial charge >= 0.3 is 12.1 Å². The van der Waals surface area contributed by atoms with Gasteiger partial charge in [0.15, 0.2) is 0 Å². The molecule has 0 aliphatic heterocycles. The van der Waals surface area contributed by atoms with Gasteiger partial charge in [-0.2, -0.15) is 0 Å². The number of rotatable bonds is 7. The van der Waals surface area contributed by atoms with Crippen molar-refractivity contribution in [2.45, 2.75) is 39.3 Å². The number of hydrogen-bond acceptors (Lipinski definition) is 4. The molecule has 7 heteroatoms. The summed E-state index contributed by atoms with van der Waals surface area (Å²) in [6, 6.07) is -2.04. The highest BCUT2D eigenvalue weighted by molar-refractivity contribution is 5.91. The fourth-order valence-corrected chi connectivity index (χ4v) is 1.54. The van der Waals surface area contributed by atoms with Crippen molar-refractivity contribution in [3.05, 3.63) is 12.2 Å². The fraction of sp³-hybridized carbons (Fsp3) is 0.615. The summed E-state index contributed by atoms with van der Waals surface area (Å²) in [5, 5.41) is 13.8. The number of aliphatic carboxylic acids is 1. The van der Waals surface area contributed by atoms with Crippen LogP contribution < -0.4 is 10.6 Å². The van der Waals surface area contributed by atoms with Gasteiger partial charge in [-0.15, -0.1) is 0 Å². The van der Waals surface area contributed by atoms with Crippen LogP contribution >= 0.6 is 0 Å². The van der Waals surface area contributed by atoms with Gasteiger partial charge in [-0.1, -0.05) is 20.4 Å². The van der Waals surface area contributed by atoms with E-state index in [9.17, 15) is 14.4 Å². The highest BCUT2D eigenvalue weighted by Crippen LogP contribution is 2.07. The third-order valence-corrected chi connectivity index (χ3v) is 2.52. The lowest BCUT2D eigenvalue weighted by atomic mass is 10.0. The predicted molar refractivity (Wildman–Crippen MR) is 73.2 cm³/mol. The number of nitrogens with one attached hydrogen (secondary N) is 2. The molecular formula is C13H22N2O5. The zero-order valence-electron chi connectivity index (χ0n) is 12.2. The standard InChI is InChI=1S/C13H22N2O5/c1-7(2)6-9(12(17)18)14-11(16)10(8(3)4)15-13(19)20-5/h7,9-10H,3,6H2,1-2,4-5H3,(H,14,16)(H,15,19)(H,17,18)/t9-,10-/m0/s1. The van der Waals surface area contributed by atoms with Gasteiger partial charge in [0.05, 0.1) is 7.11 Å². The Balaban J connectivity index is 4.84. The van der Waals surface area contributed by atoms with E-state index in [2.05, 4.69) is 21.9 Å². The minimum absolute atomic E-state index is 0.105. The van der Waals surface area contributed by atoms with Crippen molar-refractivity contribution in [1.29, 1.82) is 0 Å². The van der Waals surface area contributed by atoms with E-state index in [1.54, 1.807) is 6.92 Å². The molecule has 114 valence electrons. The van der Waals surface area contributed by atoms with Crippen LogP contribution in [0.4, 0.5) is 4.79 Å². The summed E-state index contributed by atoms with van der Waals surface area (Å²) in [6.45, 7) is 8.86. The molecule has 0 rings (SSSR count). The van der Waals surface area contributed by atoms with E-state index in [1.807, 2.05) is 13.8 Å². The Morgan fingerprint density at radius 2 is 1.80 bits per heavy atom. The Kier molecular flexibility index (Phi) is 7.35. The maximum Gasteiger partial charge on any atom is 0.407 e. The molecule has 0 saturated carbocycles. The van der Waals surface area contributed by atoms with Crippen LogP contribution in [0.1, 0.15) is 27.2 Å². The van der Waals surface area contributed by atoms with Gasteiger partial charge in [0, 0.05) is 0 Å². The highest BCUT2D eigenvalue weighted by Gasteiger charge is 2.27. The first-order valence-corrected chi connectivity index (χ1v) is 6.22. The van der Waals surface area contributed by atoms with Crippen molar-refractivity contribution in [3.63, 3.8) is 0 Å². The van der Waals surface area contributed by atoms with Crippen LogP contribution in [-0.4, -0.2) is 42.3 Å². The molecular weight excluding hydrogens is 264 g/mol. The summed E-state index contributed by atoms with van der Waals surface area (Å²) >= 11 is 0. The average molecular weight is 286 g/mol. The Bertz CT molecular complexity index is 392. The van der Waals surface area contributed by atoms with Gasteiger partial charge in [-0.25, -0.2) is 9.59 Å². The first-order valence-electron chi connectivity index (χ1n) is 6.22. The van der Waals surface area contributed by atoms with E-state index in [4.69, 9.17) is 5.11 Å². The van der Waals surface area contributed by atoms with Gasteiger partial charge in [-0.3, -0.25) is 4.79 Å². The molecule has 0 bridgehead atoms. The van der Waals surface area contributed by atoms with Crippen molar-refractivity contribution in [2.75, 3.05) is 7.11 Å². The van der Waals surface area contributed by atoms with Gasteiger partial charge in [0.25, 0.3) is 0 Å². The molecule has 0 aromatic rings. The highest BCUT2D eigenvalue weighted by atomic mass is 16.5. The summed E-state index contributed by atoms with van der Waals surface area (Å²) in [4.78, 5) is 34.3. The quantitative estimate of drug-likeness (QED) is 0.603. The topological polar surface area (TPSA) is 105 Å². The zero-order valence-corrected chi connectivity index (χ0v) is 12.2. The number of carboxylic acid groups (broad SMARTS) is 1. The van der Waals surface area contributed by atoms with Gasteiger partial charge < -0.3 is 20.5 Å². The Morgan fingerprint density at radius 1 is 1.25 bits per heavy atom. The van der Waals surface area contributed by atoms with Gasteiger partial charge in [0.1, 0.15) is 12.1 Å². The van der Waals surface area contributed by atoms with Gasteiger partial charge in [-0.05, 0) is 24.8 Å². The number of hydrogen-bond donors (Lipinski definition) is 3. The lowest BCUT2D eigenvalue weighted by Crippen LogP contribution is -2.52. The molecule has 0 aliphatic rings. The Labute approximate surface area is 118 Å². The maximum atomic E-state index is 12.0. The molecule has 2 amide bonds. The lowest BCUT2D eigenvalue weighted by Gasteiger charge is -2.22. The minimum Gasteiger partial charge on any atom is -0.480 e. The van der Waals surface area contributed by atoms with Crippen LogP contribution in [0, 0.1) is 5.92 Å². The van der Waals surface area contributed by atoms with Crippen molar-refractivity contribution >= 4 is 18.0 Å². The second-order valence-electron chi connectivity index (χ2n) is 4.94. The van der Waals surface area contributed by atoms with E-state index in [0.29, 0.717) is 12.0 Å². The number of alkyl carbamates (subject to hydrolysis) is 1. The first kappa shape index (κ1) is 17.9. The molecule has 0 saturated heterocycles. The molecule has 0 aliphatic carbocycles. The van der Waals surface area contributed by atoms with Gasteiger partial charge in [0.2, 0.25) is 5.91 Å². The average Bonchev–Trinajstić information content (AvgIpc) is 2.33. The first-order chi connectivity index (χ1) is 9.18. The normalized spacial score (nSPS) is 13.2. The summed E-state index contributed by atoms with van der Waals surface area (Å²) in [7, 11) is 1.17. The molecule has 0 radical (unpaired) electrons. The Morgan fingerprint density at radius 3 is 2.15 bits per heavy atom. The molecule has 0 fully saturated rings. The summed E-state index contributed by atoms with van der Waals surface area (Å²) in [6.07, 6.45) is -0.494. The number of amides is 2. The number of carbonyl (C=O) groups excluding carboxylic acids is 2. The van der Waals surface area contributed by atoms with Crippen molar-refractivity contribution in [1.82, 2.24) is 10.6 Å². The summed E-state index contributed by atoms with van der Waals surface area (Å²) < 4.78 is 4.41. The third kappa shape index (κ3) is 6.21. The molecule has 0 aromatic carbocycles. The summed E-state index contributed by atoms with van der Waals surface area (Å²) in [5.41, 5.74) is 0.376. The van der Waals surface area contributed by atoms with Crippen LogP contribution in [0.2, 0.25) is 0 Å². The van der Waals surface area contributed by atoms with Crippen molar-refractivity contribution in [2.24, 2.45) is 5.92 Å². The lowest BCUT2D eigenvalue weighted by molar-refractivity contribution is -0.142. The number of ether oxygens (including phenoxy) is 1. The zero-order chi connectivity index (χ0) is 15.9. The largest absolute Gasteiger partial charge is 0.480 e. The molecule has 0 spiro atoms. The number of methoxy groups -OCH3 is 1. The Hall–Kier alpha value is -2.05. The second kappa shape index (κ2) is 8.19. The molecule has 2 atom stereocenters. The number of carboxylic acids is 1. The van der Waals surface area contributed by atoms with Crippen molar-refractivity contribution < 1.29 is 24.2 Å². The number of carbonyl (C=O) groups is 3. The molecule has 0 heterocycles. The smallest absolute Gasteiger partial charge is 0.407 e. The van der Waals surface area contributed by atoms with E-state index in [1.165, 1.54) is 7.11 Å². The molecule has 20 heavy (non-hydrogen) atoms. The molecule has 3 N–H and O–H groups in total. The van der Waals surface area contributed by atoms with E-state index in [0.717, 1.165) is 0 Å². The SMILES string of the molecule is C=C(C)[C@H](NC(=O)OC)C(=O)N[C@@H](CC(C)C)C(=O)O. The van der Waals surface area contributed by atoms with Crippen LogP contribution in [0.25, 0.3) is 0 Å². The minimum atomic E-state index is -1.12. The summed E-state index contributed by atoms with van der Waals surface area (Å²) in [5.74, 6) is -1.64. The maximum absolute atomic E-state index is 12.0. The van der Waals surface area contributed by atoms with Crippen LogP contribution in [0.5, 0.6) is 0 Å². The van der Waals surface area contributed by atoms with E-state index >= 15 is 0 Å². The monoisotopic (exact) mass is 286 g/mol. The van der Waals surface area contributed by atoms with Crippen molar-refractivity contribution in [3.8, 4) is 0 Å². The third-order valence-electron chi connectivity index (χ3n) is 2.52. The van der Waals surface area contributed by atoms with E-state index < -0.39 is 30.1 Å².